The molecule has 0 aromatic heterocycles. The third kappa shape index (κ3) is 56.2. The number of rotatable bonds is 0. The molecule has 0 aromatic rings. The highest BCUT2D eigenvalue weighted by molar-refractivity contribution is 8.54. The Labute approximate surface area is 39.5 Å². The molecule has 1 N–H and O–H groups in total. The largest absolute Gasteiger partial charge is 0.340 e. The molecule has 0 bridgehead atoms. The number of hydrogen-bond acceptors (Lipinski definition) is 1. The molecule has 2 nitrogen and oxygen atoms in total. The fourth-order valence-corrected chi connectivity index (χ4v) is 0. The van der Waals surface area contributed by atoms with Gasteiger partial charge in [-0.1, -0.05) is 12.2 Å². The fraction of sp³-hybridized carbons (Fsp3) is 0. The van der Waals surface area contributed by atoms with E-state index in [0.717, 1.165) is 0 Å². The first-order valence-electron chi connectivity index (χ1n) is 0.752. The van der Waals surface area contributed by atoms with Crippen LogP contribution >= 0.6 is 29.4 Å². The Hall–Kier alpha value is 0.830. The highest BCUT2D eigenvalue weighted by atomic mass is 35.7. The highest BCUT2D eigenvalue weighted by Crippen LogP contribution is 2.50. The summed E-state index contributed by atoms with van der Waals surface area (Å²) < 4.78 is 9.40. The summed E-state index contributed by atoms with van der Waals surface area (Å²) in [7, 11) is 0. The predicted octanol–water partition coefficient (Wildman–Crippen LogP) is 1.26. The van der Waals surface area contributed by atoms with E-state index < -0.39 is 5.92 Å². The molecule has 0 aromatic carbocycles. The van der Waals surface area contributed by atoms with Crippen molar-refractivity contribution in [3.05, 3.63) is 0 Å². The van der Waals surface area contributed by atoms with Gasteiger partial charge in [-0.05, 0) is 11.2 Å². The molecule has 0 aliphatic carbocycles. The zero-order valence-corrected chi connectivity index (χ0v) is 4.67. The molecule has 0 saturated heterocycles. The van der Waals surface area contributed by atoms with Gasteiger partial charge in [-0.3, -0.25) is 4.57 Å². The van der Waals surface area contributed by atoms with Gasteiger partial charge in [0.1, 0.15) is 0 Å². The van der Waals surface area contributed by atoms with E-state index in [1.165, 1.54) is 0 Å². The van der Waals surface area contributed by atoms with Crippen molar-refractivity contribution in [1.29, 1.82) is 0 Å². The van der Waals surface area contributed by atoms with E-state index in [1.54, 1.807) is 0 Å². The minimum atomic E-state index is -3.47. The topological polar surface area (TPSA) is 37.3 Å². The average molecular weight is 133 g/mol. The molecule has 1 atom stereocenters. The molecule has 0 radical (unpaired) electrons. The van der Waals surface area contributed by atoms with Gasteiger partial charge >= 0.3 is 5.92 Å². The van der Waals surface area contributed by atoms with E-state index in [-0.39, 0.29) is 0 Å². The zero-order chi connectivity index (χ0) is 4.50. The molecule has 32 valence electrons. The Kier molecular flexibility index (Phi) is 1.77. The van der Waals surface area contributed by atoms with Crippen molar-refractivity contribution in [2.24, 2.45) is 0 Å². The number of hydrogen-bond donors (Lipinski definition) is 2. The van der Waals surface area contributed by atoms with Gasteiger partial charge in [-0.15, -0.1) is 0 Å². The van der Waals surface area contributed by atoms with Crippen LogP contribution in [0.5, 0.6) is 0 Å². The molecular weight excluding hydrogens is 130 g/mol. The van der Waals surface area contributed by atoms with Crippen LogP contribution in [0.4, 0.5) is 0 Å². The van der Waals surface area contributed by atoms with Crippen molar-refractivity contribution in [3.8, 4) is 0 Å². The van der Waals surface area contributed by atoms with Crippen molar-refractivity contribution in [2.75, 3.05) is 0 Å². The maximum atomic E-state index is 9.40. The van der Waals surface area contributed by atoms with E-state index in [0.29, 0.717) is 0 Å². The maximum Gasteiger partial charge on any atom is 0.340 e. The monoisotopic (exact) mass is 132 g/mol. The minimum Gasteiger partial charge on any atom is -0.326 e. The van der Waals surface area contributed by atoms with Gasteiger partial charge in [-0.2, -0.15) is 0 Å². The molecule has 0 rings (SSSR count). The summed E-state index contributed by atoms with van der Waals surface area (Å²) in [4.78, 5) is 7.71. The van der Waals surface area contributed by atoms with E-state index in [4.69, 9.17) is 4.89 Å². The average Bonchev–Trinajstić information content (AvgIpc) is 0.722. The molecule has 0 saturated carbocycles. The number of halogens is 1. The SMILES string of the molecule is O=P(O)(S)Cl. The van der Waals surface area contributed by atoms with Gasteiger partial charge in [0.15, 0.2) is 0 Å². The Morgan fingerprint density at radius 3 is 2.00 bits per heavy atom. The minimum absolute atomic E-state index is 3.00. The van der Waals surface area contributed by atoms with Gasteiger partial charge in [0.25, 0.3) is 0 Å². The van der Waals surface area contributed by atoms with Crippen LogP contribution in [0.1, 0.15) is 0 Å². The summed E-state index contributed by atoms with van der Waals surface area (Å²) in [6.07, 6.45) is 0. The molecule has 0 heterocycles. The van der Waals surface area contributed by atoms with Gasteiger partial charge in [0.05, 0.1) is 0 Å². The molecule has 5 heteroatoms. The lowest BCUT2D eigenvalue weighted by molar-refractivity contribution is 0.513. The van der Waals surface area contributed by atoms with Crippen LogP contribution in [-0.2, 0) is 4.57 Å². The summed E-state index contributed by atoms with van der Waals surface area (Å²) in [6, 6.07) is 0. The van der Waals surface area contributed by atoms with Crippen molar-refractivity contribution < 1.29 is 9.46 Å². The molecule has 1 unspecified atom stereocenters. The standard InChI is InChI=1S/ClH2O2PS/c1-4(2,3)5/h(H2,2,3,5). The van der Waals surface area contributed by atoms with Crippen LogP contribution in [0.25, 0.3) is 0 Å². The van der Waals surface area contributed by atoms with Crippen LogP contribution in [0, 0.1) is 0 Å². The van der Waals surface area contributed by atoms with E-state index in [1.807, 2.05) is 0 Å². The maximum absolute atomic E-state index is 9.40. The zero-order valence-electron chi connectivity index (χ0n) is 2.13. The fourth-order valence-electron chi connectivity index (χ4n) is 0. The summed E-state index contributed by atoms with van der Waals surface area (Å²) >= 11 is 7.50. The van der Waals surface area contributed by atoms with E-state index in [2.05, 4.69) is 23.5 Å². The normalized spacial score (nSPS) is 21.4. The summed E-state index contributed by atoms with van der Waals surface area (Å²) in [5, 5.41) is 0. The molecular formula is H2ClO2PS. The molecule has 0 spiro atoms. The lowest BCUT2D eigenvalue weighted by Gasteiger charge is -1.80. The quantitative estimate of drug-likeness (QED) is 0.385. The van der Waals surface area contributed by atoms with Crippen LogP contribution in [0.2, 0.25) is 0 Å². The van der Waals surface area contributed by atoms with Crippen LogP contribution in [0.15, 0.2) is 0 Å². The lowest BCUT2D eigenvalue weighted by Crippen LogP contribution is -1.40. The summed E-state index contributed by atoms with van der Waals surface area (Å²) in [5.41, 5.74) is 0. The molecule has 5 heavy (non-hydrogen) atoms. The molecule has 0 aliphatic heterocycles. The van der Waals surface area contributed by atoms with Gasteiger partial charge in [0, 0.05) is 0 Å². The molecule has 0 fully saturated rings. The second kappa shape index (κ2) is 1.52. The Balaban J connectivity index is 3.47. The Bertz CT molecular complexity index is 55.8. The van der Waals surface area contributed by atoms with E-state index in [9.17, 15) is 4.57 Å². The van der Waals surface area contributed by atoms with Gasteiger partial charge in [0.2, 0.25) is 0 Å². The van der Waals surface area contributed by atoms with Crippen LogP contribution < -0.4 is 0 Å². The van der Waals surface area contributed by atoms with Crippen LogP contribution in [-0.4, -0.2) is 4.89 Å². The summed E-state index contributed by atoms with van der Waals surface area (Å²) in [6.45, 7) is 0. The Morgan fingerprint density at radius 1 is 2.00 bits per heavy atom. The first-order valence-corrected chi connectivity index (χ1v) is 4.47. The van der Waals surface area contributed by atoms with Crippen molar-refractivity contribution in [3.63, 3.8) is 0 Å². The summed E-state index contributed by atoms with van der Waals surface area (Å²) in [5.74, 6) is -3.47. The third-order valence-corrected chi connectivity index (χ3v) is 0. The number of thiol groups is 1. The second-order valence-corrected chi connectivity index (χ2v) is 5.13. The van der Waals surface area contributed by atoms with Crippen molar-refractivity contribution >= 4 is 29.4 Å². The lowest BCUT2D eigenvalue weighted by atomic mass is 15.9. The third-order valence-electron chi connectivity index (χ3n) is 0. The van der Waals surface area contributed by atoms with Gasteiger partial charge in [-0.25, -0.2) is 0 Å². The molecule has 0 aliphatic rings. The van der Waals surface area contributed by atoms with E-state index >= 15 is 0 Å². The Morgan fingerprint density at radius 2 is 2.00 bits per heavy atom. The van der Waals surface area contributed by atoms with Crippen molar-refractivity contribution in [2.45, 2.75) is 0 Å². The first-order chi connectivity index (χ1) is 2.00. The second-order valence-electron chi connectivity index (χ2n) is 0.473. The van der Waals surface area contributed by atoms with Gasteiger partial charge < -0.3 is 4.89 Å². The predicted molar refractivity (Wildman–Crippen MR) is 24.7 cm³/mol. The van der Waals surface area contributed by atoms with Crippen molar-refractivity contribution in [1.82, 2.24) is 0 Å². The smallest absolute Gasteiger partial charge is 0.326 e. The van der Waals surface area contributed by atoms with Crippen LogP contribution in [0.3, 0.4) is 0 Å². The molecule has 0 amide bonds. The first kappa shape index (κ1) is 5.83. The highest BCUT2D eigenvalue weighted by Gasteiger charge is 1.98.